The molecule has 3 aromatic carbocycles. The molecule has 1 aliphatic heterocycles. The molecule has 0 fully saturated rings. The van der Waals surface area contributed by atoms with Gasteiger partial charge in [-0.2, -0.15) is 13.2 Å². The lowest BCUT2D eigenvalue weighted by molar-refractivity contribution is -0.141. The number of hydrogen-bond acceptors (Lipinski definition) is 3. The van der Waals surface area contributed by atoms with Crippen molar-refractivity contribution in [2.75, 3.05) is 6.54 Å². The zero-order valence-electron chi connectivity index (χ0n) is 17.0. The van der Waals surface area contributed by atoms with Gasteiger partial charge >= 0.3 is 6.18 Å². The number of halogens is 4. The Morgan fingerprint density at radius 1 is 0.875 bits per heavy atom. The summed E-state index contributed by atoms with van der Waals surface area (Å²) in [5.41, 5.74) is 2.64. The Morgan fingerprint density at radius 2 is 1.69 bits per heavy atom. The Hall–Kier alpha value is -3.32. The lowest BCUT2D eigenvalue weighted by Crippen LogP contribution is -2.13. The monoisotopic (exact) mass is 437 g/mol. The van der Waals surface area contributed by atoms with Crippen molar-refractivity contribution in [2.45, 2.75) is 25.1 Å². The van der Waals surface area contributed by atoms with E-state index in [0.717, 1.165) is 35.5 Å². The highest BCUT2D eigenvalue weighted by molar-refractivity contribution is 5.84. The van der Waals surface area contributed by atoms with Crippen LogP contribution in [-0.2, 0) is 12.7 Å². The van der Waals surface area contributed by atoms with Crippen LogP contribution in [0.5, 0.6) is 0 Å². The first-order valence-electron chi connectivity index (χ1n) is 10.3. The first-order chi connectivity index (χ1) is 15.4. The number of alkyl halides is 3. The van der Waals surface area contributed by atoms with Crippen molar-refractivity contribution < 1.29 is 17.6 Å². The Labute approximate surface area is 182 Å². The van der Waals surface area contributed by atoms with Gasteiger partial charge in [-0.1, -0.05) is 48.5 Å². The van der Waals surface area contributed by atoms with Crippen LogP contribution in [0.4, 0.5) is 17.6 Å². The summed E-state index contributed by atoms with van der Waals surface area (Å²) < 4.78 is 53.8. The van der Waals surface area contributed by atoms with Crippen LogP contribution >= 0.6 is 0 Å². The quantitative estimate of drug-likeness (QED) is 0.386. The predicted octanol–water partition coefficient (Wildman–Crippen LogP) is 6.08. The number of fused-ring (bicyclic) bond motifs is 2. The second-order valence-corrected chi connectivity index (χ2v) is 7.92. The molecule has 0 aliphatic carbocycles. The van der Waals surface area contributed by atoms with E-state index in [4.69, 9.17) is 0 Å². The Kier molecular flexibility index (Phi) is 5.13. The summed E-state index contributed by atoms with van der Waals surface area (Å²) in [5.74, 6) is -0.337. The molecule has 0 saturated carbocycles. The molecule has 162 valence electrons. The molecule has 1 unspecified atom stereocenters. The van der Waals surface area contributed by atoms with Gasteiger partial charge in [-0.25, -0.2) is 4.39 Å². The fourth-order valence-electron chi connectivity index (χ4n) is 4.36. The summed E-state index contributed by atoms with van der Waals surface area (Å²) in [7, 11) is 0. The van der Waals surface area contributed by atoms with Gasteiger partial charge < -0.3 is 5.32 Å². The average Bonchev–Trinajstić information content (AvgIpc) is 3.01. The highest BCUT2D eigenvalue weighted by Gasteiger charge is 2.33. The minimum Gasteiger partial charge on any atom is -0.313 e. The van der Waals surface area contributed by atoms with E-state index >= 15 is 4.39 Å². The zero-order chi connectivity index (χ0) is 22.3. The molecule has 0 saturated heterocycles. The molecule has 0 radical (unpaired) electrons. The molecule has 3 nitrogen and oxygen atoms in total. The summed E-state index contributed by atoms with van der Waals surface area (Å²) in [5, 5.41) is 11.9. The first kappa shape index (κ1) is 20.6. The van der Waals surface area contributed by atoms with Gasteiger partial charge in [0.05, 0.1) is 5.69 Å². The molecule has 0 bridgehead atoms. The molecular formula is C25H19F4N3. The largest absolute Gasteiger partial charge is 0.435 e. The smallest absolute Gasteiger partial charge is 0.313 e. The fraction of sp³-hybridized carbons (Fsp3) is 0.200. The maximum absolute atomic E-state index is 15.4. The third-order valence-electron chi connectivity index (χ3n) is 5.96. The van der Waals surface area contributed by atoms with Gasteiger partial charge in [0, 0.05) is 23.4 Å². The molecule has 2 heterocycles. The Bertz CT molecular complexity index is 1280. The van der Waals surface area contributed by atoms with Gasteiger partial charge in [-0.15, -0.1) is 10.2 Å². The van der Waals surface area contributed by atoms with Crippen molar-refractivity contribution in [3.05, 3.63) is 94.9 Å². The zero-order valence-corrected chi connectivity index (χ0v) is 17.0. The van der Waals surface area contributed by atoms with Crippen LogP contribution in [0.15, 0.2) is 66.7 Å². The van der Waals surface area contributed by atoms with Crippen molar-refractivity contribution in [2.24, 2.45) is 0 Å². The van der Waals surface area contributed by atoms with Crippen molar-refractivity contribution in [1.29, 1.82) is 0 Å². The maximum atomic E-state index is 15.4. The molecule has 5 rings (SSSR count). The molecule has 7 heteroatoms. The number of nitrogens with zero attached hydrogens (tertiary/aromatic N) is 2. The Balaban J connectivity index is 1.55. The SMILES string of the molecule is Fc1c(C2CCNCc3cc(-c4ccc(C(F)(F)F)nn4)ccc32)ccc2ccccc12. The van der Waals surface area contributed by atoms with Gasteiger partial charge in [0.2, 0.25) is 0 Å². The highest BCUT2D eigenvalue weighted by Crippen LogP contribution is 2.37. The van der Waals surface area contributed by atoms with Gasteiger partial charge in [-0.05, 0) is 53.2 Å². The van der Waals surface area contributed by atoms with Crippen LogP contribution in [0.1, 0.15) is 34.7 Å². The van der Waals surface area contributed by atoms with E-state index in [1.54, 1.807) is 6.07 Å². The maximum Gasteiger partial charge on any atom is 0.435 e. The lowest BCUT2D eigenvalue weighted by atomic mass is 9.84. The molecule has 1 aromatic heterocycles. The second kappa shape index (κ2) is 7.98. The van der Waals surface area contributed by atoms with E-state index < -0.39 is 11.9 Å². The first-order valence-corrected chi connectivity index (χ1v) is 10.3. The molecule has 0 amide bonds. The molecule has 1 N–H and O–H groups in total. The van der Waals surface area contributed by atoms with Gasteiger partial charge in [0.25, 0.3) is 0 Å². The van der Waals surface area contributed by atoms with E-state index in [0.29, 0.717) is 28.8 Å². The van der Waals surface area contributed by atoms with E-state index in [1.807, 2.05) is 48.5 Å². The number of hydrogen-bond donors (Lipinski definition) is 1. The fourth-order valence-corrected chi connectivity index (χ4v) is 4.36. The number of rotatable bonds is 2. The summed E-state index contributed by atoms with van der Waals surface area (Å²) in [4.78, 5) is 0. The molecule has 1 aliphatic rings. The summed E-state index contributed by atoms with van der Waals surface area (Å²) in [6.07, 6.45) is -3.79. The third kappa shape index (κ3) is 3.73. The topological polar surface area (TPSA) is 37.8 Å². The lowest BCUT2D eigenvalue weighted by Gasteiger charge is -2.20. The summed E-state index contributed by atoms with van der Waals surface area (Å²) >= 11 is 0. The van der Waals surface area contributed by atoms with E-state index in [9.17, 15) is 13.2 Å². The average molecular weight is 437 g/mol. The van der Waals surface area contributed by atoms with E-state index in [1.165, 1.54) is 6.07 Å². The molecule has 32 heavy (non-hydrogen) atoms. The summed E-state index contributed by atoms with van der Waals surface area (Å²) in [6.45, 7) is 1.31. The van der Waals surface area contributed by atoms with Crippen molar-refractivity contribution in [3.8, 4) is 11.3 Å². The van der Waals surface area contributed by atoms with Crippen LogP contribution in [0.25, 0.3) is 22.0 Å². The summed E-state index contributed by atoms with van der Waals surface area (Å²) in [6, 6.07) is 19.1. The minimum absolute atomic E-state index is 0.127. The van der Waals surface area contributed by atoms with Crippen LogP contribution < -0.4 is 5.32 Å². The van der Waals surface area contributed by atoms with Crippen LogP contribution in [0.3, 0.4) is 0 Å². The second-order valence-electron chi connectivity index (χ2n) is 7.92. The number of nitrogens with one attached hydrogen (secondary N) is 1. The molecule has 0 spiro atoms. The molecular weight excluding hydrogens is 418 g/mol. The highest BCUT2D eigenvalue weighted by atomic mass is 19.4. The van der Waals surface area contributed by atoms with Gasteiger partial charge in [-0.3, -0.25) is 0 Å². The third-order valence-corrected chi connectivity index (χ3v) is 5.96. The van der Waals surface area contributed by atoms with Crippen molar-refractivity contribution in [1.82, 2.24) is 15.5 Å². The van der Waals surface area contributed by atoms with E-state index in [2.05, 4.69) is 15.5 Å². The minimum atomic E-state index is -4.53. The van der Waals surface area contributed by atoms with Crippen LogP contribution in [-0.4, -0.2) is 16.7 Å². The van der Waals surface area contributed by atoms with Crippen LogP contribution in [0.2, 0.25) is 0 Å². The number of benzene rings is 3. The van der Waals surface area contributed by atoms with Gasteiger partial charge in [0.1, 0.15) is 5.82 Å². The number of aromatic nitrogens is 2. The van der Waals surface area contributed by atoms with Crippen molar-refractivity contribution >= 4 is 10.8 Å². The Morgan fingerprint density at radius 3 is 2.47 bits per heavy atom. The standard InChI is InChI=1S/C25H19F4N3/c26-24-19-4-2-1-3-15(19)5-8-21(24)20-11-12-30-14-17-13-16(6-7-18(17)20)22-9-10-23(32-31-22)25(27,28)29/h1-10,13,20,30H,11-12,14H2. The normalized spacial score (nSPS) is 16.6. The van der Waals surface area contributed by atoms with Gasteiger partial charge in [0.15, 0.2) is 5.69 Å². The predicted molar refractivity (Wildman–Crippen MR) is 115 cm³/mol. The van der Waals surface area contributed by atoms with E-state index in [-0.39, 0.29) is 11.7 Å². The molecule has 1 atom stereocenters. The molecule has 4 aromatic rings. The van der Waals surface area contributed by atoms with Crippen LogP contribution in [0, 0.1) is 5.82 Å². The van der Waals surface area contributed by atoms with Crippen molar-refractivity contribution in [3.63, 3.8) is 0 Å².